The number of anilines is 2. The van der Waals surface area contributed by atoms with Crippen molar-refractivity contribution in [2.75, 3.05) is 16.7 Å². The molecule has 3 aromatic carbocycles. The van der Waals surface area contributed by atoms with E-state index in [0.29, 0.717) is 11.3 Å². The molecule has 27 heavy (non-hydrogen) atoms. The molecular weight excluding hydrogens is 360 g/mol. The highest BCUT2D eigenvalue weighted by atomic mass is 32.2. The summed E-state index contributed by atoms with van der Waals surface area (Å²) in [5.74, 6) is -0.283. The minimum absolute atomic E-state index is 0.0399. The van der Waals surface area contributed by atoms with Crippen LogP contribution >= 0.6 is 0 Å². The Bertz CT molecular complexity index is 1060. The van der Waals surface area contributed by atoms with Gasteiger partial charge >= 0.3 is 0 Å². The van der Waals surface area contributed by atoms with Gasteiger partial charge < -0.3 is 4.90 Å². The number of carbonyl (C=O) groups is 1. The molecule has 0 unspecified atom stereocenters. The lowest BCUT2D eigenvalue weighted by Gasteiger charge is -2.18. The summed E-state index contributed by atoms with van der Waals surface area (Å²) < 4.78 is 28.0. The minimum atomic E-state index is -3.80. The number of carbonyl (C=O) groups excluding carboxylic acids is 1. The standard InChI is InChI=1S/C21H20N2O3S/c1-16-9-6-7-14-20(16)22-27(25,26)19-13-8-10-17(15-19)21(24)23(2)18-11-4-3-5-12-18/h3-15,22H,1-2H3. The van der Waals surface area contributed by atoms with Crippen LogP contribution in [0.3, 0.4) is 0 Å². The zero-order valence-electron chi connectivity index (χ0n) is 15.1. The van der Waals surface area contributed by atoms with Crippen LogP contribution in [0.25, 0.3) is 0 Å². The fourth-order valence-corrected chi connectivity index (χ4v) is 3.83. The lowest BCUT2D eigenvalue weighted by atomic mass is 10.2. The van der Waals surface area contributed by atoms with Crippen molar-refractivity contribution in [3.8, 4) is 0 Å². The third-order valence-corrected chi connectivity index (χ3v) is 5.59. The van der Waals surface area contributed by atoms with Gasteiger partial charge in [0, 0.05) is 18.3 Å². The second kappa shape index (κ2) is 7.63. The molecule has 0 fully saturated rings. The number of sulfonamides is 1. The highest BCUT2D eigenvalue weighted by Gasteiger charge is 2.19. The van der Waals surface area contributed by atoms with E-state index in [-0.39, 0.29) is 10.8 Å². The van der Waals surface area contributed by atoms with Gasteiger partial charge in [0.2, 0.25) is 0 Å². The van der Waals surface area contributed by atoms with Gasteiger partial charge in [-0.15, -0.1) is 0 Å². The fourth-order valence-electron chi connectivity index (χ4n) is 2.65. The first-order chi connectivity index (χ1) is 12.9. The highest BCUT2D eigenvalue weighted by molar-refractivity contribution is 7.92. The Hall–Kier alpha value is -3.12. The van der Waals surface area contributed by atoms with Crippen molar-refractivity contribution < 1.29 is 13.2 Å². The molecule has 1 N–H and O–H groups in total. The van der Waals surface area contributed by atoms with Gasteiger partial charge in [0.25, 0.3) is 15.9 Å². The van der Waals surface area contributed by atoms with Crippen LogP contribution in [-0.4, -0.2) is 21.4 Å². The normalized spacial score (nSPS) is 11.0. The molecular formula is C21H20N2O3S. The summed E-state index contributed by atoms with van der Waals surface area (Å²) in [6.45, 7) is 1.83. The smallest absolute Gasteiger partial charge is 0.261 e. The molecule has 0 atom stereocenters. The molecule has 3 rings (SSSR count). The third-order valence-electron chi connectivity index (χ3n) is 4.23. The third kappa shape index (κ3) is 4.17. The quantitative estimate of drug-likeness (QED) is 0.725. The van der Waals surface area contributed by atoms with Gasteiger partial charge in [-0.25, -0.2) is 8.42 Å². The number of amides is 1. The number of aryl methyl sites for hydroxylation is 1. The van der Waals surface area contributed by atoms with Gasteiger partial charge in [0.05, 0.1) is 10.6 Å². The highest BCUT2D eigenvalue weighted by Crippen LogP contribution is 2.21. The molecule has 3 aromatic rings. The topological polar surface area (TPSA) is 66.5 Å². The molecule has 0 bridgehead atoms. The van der Waals surface area contributed by atoms with E-state index in [2.05, 4.69) is 4.72 Å². The van der Waals surface area contributed by atoms with E-state index in [0.717, 1.165) is 11.3 Å². The number of para-hydroxylation sites is 2. The molecule has 0 aliphatic carbocycles. The first-order valence-electron chi connectivity index (χ1n) is 8.40. The zero-order chi connectivity index (χ0) is 19.4. The van der Waals surface area contributed by atoms with E-state index in [1.807, 2.05) is 49.4 Å². The Labute approximate surface area is 159 Å². The van der Waals surface area contributed by atoms with Crippen LogP contribution in [0.1, 0.15) is 15.9 Å². The van der Waals surface area contributed by atoms with E-state index >= 15 is 0 Å². The zero-order valence-corrected chi connectivity index (χ0v) is 15.9. The predicted molar refractivity (Wildman–Crippen MR) is 108 cm³/mol. The Morgan fingerprint density at radius 3 is 2.26 bits per heavy atom. The Morgan fingerprint density at radius 2 is 1.56 bits per heavy atom. The van der Waals surface area contributed by atoms with Crippen molar-refractivity contribution in [3.63, 3.8) is 0 Å². The van der Waals surface area contributed by atoms with Crippen LogP contribution in [-0.2, 0) is 10.0 Å². The van der Waals surface area contributed by atoms with Crippen molar-refractivity contribution in [1.29, 1.82) is 0 Å². The van der Waals surface area contributed by atoms with Gasteiger partial charge in [-0.2, -0.15) is 0 Å². The Kier molecular flexibility index (Phi) is 5.28. The molecule has 5 nitrogen and oxygen atoms in total. The van der Waals surface area contributed by atoms with Crippen LogP contribution in [0, 0.1) is 6.92 Å². The van der Waals surface area contributed by atoms with E-state index < -0.39 is 10.0 Å². The second-order valence-corrected chi connectivity index (χ2v) is 7.83. The number of nitrogens with one attached hydrogen (secondary N) is 1. The second-order valence-electron chi connectivity index (χ2n) is 6.15. The van der Waals surface area contributed by atoms with E-state index in [1.54, 1.807) is 31.3 Å². The van der Waals surface area contributed by atoms with Crippen molar-refractivity contribution in [2.45, 2.75) is 11.8 Å². The van der Waals surface area contributed by atoms with Gasteiger partial charge in [-0.3, -0.25) is 9.52 Å². The number of rotatable bonds is 5. The first-order valence-corrected chi connectivity index (χ1v) is 9.88. The maximum atomic E-state index is 12.7. The molecule has 0 saturated heterocycles. The molecule has 0 spiro atoms. The van der Waals surface area contributed by atoms with Crippen molar-refractivity contribution >= 4 is 27.3 Å². The first kappa shape index (κ1) is 18.7. The van der Waals surface area contributed by atoms with Crippen molar-refractivity contribution in [2.24, 2.45) is 0 Å². The molecule has 0 saturated carbocycles. The molecule has 138 valence electrons. The van der Waals surface area contributed by atoms with Crippen LogP contribution in [0.2, 0.25) is 0 Å². The van der Waals surface area contributed by atoms with Gasteiger partial charge in [-0.05, 0) is 48.9 Å². The Balaban J connectivity index is 1.89. The summed E-state index contributed by atoms with van der Waals surface area (Å²) in [6, 6.07) is 22.3. The van der Waals surface area contributed by atoms with Crippen molar-refractivity contribution in [1.82, 2.24) is 0 Å². The van der Waals surface area contributed by atoms with Crippen molar-refractivity contribution in [3.05, 3.63) is 90.0 Å². The molecule has 0 aliphatic rings. The lowest BCUT2D eigenvalue weighted by molar-refractivity contribution is 0.0993. The number of nitrogens with zero attached hydrogens (tertiary/aromatic N) is 1. The number of hydrogen-bond acceptors (Lipinski definition) is 3. The monoisotopic (exact) mass is 380 g/mol. The van der Waals surface area contributed by atoms with Crippen LogP contribution in [0.15, 0.2) is 83.8 Å². The fraction of sp³-hybridized carbons (Fsp3) is 0.0952. The summed E-state index contributed by atoms with van der Waals surface area (Å²) >= 11 is 0. The SMILES string of the molecule is Cc1ccccc1NS(=O)(=O)c1cccc(C(=O)N(C)c2ccccc2)c1. The lowest BCUT2D eigenvalue weighted by Crippen LogP contribution is -2.26. The van der Waals surface area contributed by atoms with Crippen LogP contribution in [0.5, 0.6) is 0 Å². The number of benzene rings is 3. The maximum absolute atomic E-state index is 12.7. The van der Waals surface area contributed by atoms with E-state index in [4.69, 9.17) is 0 Å². The van der Waals surface area contributed by atoms with E-state index in [1.165, 1.54) is 17.0 Å². The Morgan fingerprint density at radius 1 is 0.889 bits per heavy atom. The molecule has 0 aromatic heterocycles. The molecule has 6 heteroatoms. The summed E-state index contributed by atoms with van der Waals surface area (Å²) in [5.41, 5.74) is 2.36. The van der Waals surface area contributed by atoms with E-state index in [9.17, 15) is 13.2 Å². The summed E-state index contributed by atoms with van der Waals surface area (Å²) in [7, 11) is -2.15. The van der Waals surface area contributed by atoms with Gasteiger partial charge in [0.15, 0.2) is 0 Å². The summed E-state index contributed by atoms with van der Waals surface area (Å²) in [5, 5.41) is 0. The van der Waals surface area contributed by atoms with Gasteiger partial charge in [-0.1, -0.05) is 42.5 Å². The summed E-state index contributed by atoms with van der Waals surface area (Å²) in [6.07, 6.45) is 0. The minimum Gasteiger partial charge on any atom is -0.311 e. The molecule has 0 aliphatic heterocycles. The molecule has 0 heterocycles. The molecule has 1 amide bonds. The average molecular weight is 380 g/mol. The predicted octanol–water partition coefficient (Wildman–Crippen LogP) is 4.07. The summed E-state index contributed by atoms with van der Waals surface area (Å²) in [4.78, 5) is 14.3. The van der Waals surface area contributed by atoms with Gasteiger partial charge in [0.1, 0.15) is 0 Å². The largest absolute Gasteiger partial charge is 0.311 e. The van der Waals surface area contributed by atoms with Crippen LogP contribution in [0.4, 0.5) is 11.4 Å². The maximum Gasteiger partial charge on any atom is 0.261 e. The number of hydrogen-bond donors (Lipinski definition) is 1. The van der Waals surface area contributed by atoms with Crippen LogP contribution < -0.4 is 9.62 Å². The average Bonchev–Trinajstić information content (AvgIpc) is 2.69. The molecule has 0 radical (unpaired) electrons.